The second kappa shape index (κ2) is 13.0. The number of rotatable bonds is 8. The van der Waals surface area contributed by atoms with Crippen molar-refractivity contribution >= 4 is 22.9 Å². The molecule has 1 aromatic carbocycles. The van der Waals surface area contributed by atoms with E-state index in [0.717, 1.165) is 12.1 Å². The Morgan fingerprint density at radius 3 is 2.35 bits per heavy atom. The fraction of sp³-hybridized carbons (Fsp3) is 0.500. The standard InChI is InChI=1S/C30H36F3N7O3/c1-6-22-17-40(27-26-24(38(5)28(41)37-27)13-12-21(14-34)36-26)23(7-2)16-39(22)25(15-35-29(42)43-18(3)4)19-8-10-20(11-9-19)30(31,32)33/h8-13,18,22-23,25H,6-7,15-17H2,1-5H3,(H,35,42)/t22-,23+,25?/m1/s1. The van der Waals surface area contributed by atoms with E-state index in [2.05, 4.69) is 20.2 Å². The zero-order valence-corrected chi connectivity index (χ0v) is 24.9. The van der Waals surface area contributed by atoms with E-state index in [1.807, 2.05) is 24.8 Å². The maximum Gasteiger partial charge on any atom is 0.416 e. The molecule has 3 heterocycles. The number of halogens is 3. The zero-order valence-electron chi connectivity index (χ0n) is 24.9. The molecule has 1 aliphatic rings. The van der Waals surface area contributed by atoms with Crippen LogP contribution in [0.1, 0.15) is 63.4 Å². The van der Waals surface area contributed by atoms with Crippen molar-refractivity contribution in [2.24, 2.45) is 7.05 Å². The van der Waals surface area contributed by atoms with Crippen LogP contribution >= 0.6 is 0 Å². The van der Waals surface area contributed by atoms with Gasteiger partial charge in [-0.1, -0.05) is 26.0 Å². The number of alkyl halides is 3. The van der Waals surface area contributed by atoms with Crippen molar-refractivity contribution in [3.05, 3.63) is 63.7 Å². The number of piperazine rings is 1. The zero-order chi connectivity index (χ0) is 31.5. The summed E-state index contributed by atoms with van der Waals surface area (Å²) < 4.78 is 46.7. The predicted octanol–water partition coefficient (Wildman–Crippen LogP) is 4.77. The Balaban J connectivity index is 1.74. The molecule has 0 saturated carbocycles. The maximum absolute atomic E-state index is 13.3. The van der Waals surface area contributed by atoms with Gasteiger partial charge in [-0.2, -0.15) is 23.4 Å². The second-order valence-electron chi connectivity index (χ2n) is 10.9. The highest BCUT2D eigenvalue weighted by atomic mass is 19.4. The second-order valence-corrected chi connectivity index (χ2v) is 10.9. The fourth-order valence-corrected chi connectivity index (χ4v) is 5.55. The third-order valence-corrected chi connectivity index (χ3v) is 7.81. The first kappa shape index (κ1) is 31.7. The third kappa shape index (κ3) is 6.91. The molecule has 0 radical (unpaired) electrons. The molecule has 1 unspecified atom stereocenters. The molecule has 3 aromatic rings. The number of hydrogen-bond acceptors (Lipinski definition) is 8. The van der Waals surface area contributed by atoms with Gasteiger partial charge in [0.2, 0.25) is 0 Å². The molecular formula is C30H36F3N7O3. The summed E-state index contributed by atoms with van der Waals surface area (Å²) in [5, 5.41) is 12.3. The van der Waals surface area contributed by atoms with E-state index in [4.69, 9.17) is 4.74 Å². The summed E-state index contributed by atoms with van der Waals surface area (Å²) >= 11 is 0. The molecule has 10 nitrogen and oxygen atoms in total. The van der Waals surface area contributed by atoms with Gasteiger partial charge in [0, 0.05) is 38.8 Å². The summed E-state index contributed by atoms with van der Waals surface area (Å²) in [5.41, 5.74) is 0.620. The topological polar surface area (TPSA) is 116 Å². The number of benzene rings is 1. The quantitative estimate of drug-likeness (QED) is 0.394. The minimum atomic E-state index is -4.47. The Labute approximate surface area is 248 Å². The summed E-state index contributed by atoms with van der Waals surface area (Å²) in [6.07, 6.45) is -4.09. The van der Waals surface area contributed by atoms with Crippen LogP contribution in [0.2, 0.25) is 0 Å². The number of ether oxygens (including phenoxy) is 1. The molecule has 2 aromatic heterocycles. The molecule has 1 fully saturated rings. The number of fused-ring (bicyclic) bond motifs is 1. The maximum atomic E-state index is 13.3. The first-order valence-electron chi connectivity index (χ1n) is 14.3. The van der Waals surface area contributed by atoms with Crippen molar-refractivity contribution in [1.82, 2.24) is 24.8 Å². The smallest absolute Gasteiger partial charge is 0.416 e. The Hall–Kier alpha value is -4.18. The van der Waals surface area contributed by atoms with Gasteiger partial charge in [0.25, 0.3) is 0 Å². The van der Waals surface area contributed by atoms with Gasteiger partial charge < -0.3 is 15.0 Å². The van der Waals surface area contributed by atoms with Gasteiger partial charge >= 0.3 is 18.0 Å². The molecule has 230 valence electrons. The highest BCUT2D eigenvalue weighted by Crippen LogP contribution is 2.35. The number of carbonyl (C=O) groups excluding carboxylic acids is 1. The van der Waals surface area contributed by atoms with Crippen molar-refractivity contribution in [3.8, 4) is 6.07 Å². The molecular weight excluding hydrogens is 563 g/mol. The number of hydrogen-bond donors (Lipinski definition) is 1. The van der Waals surface area contributed by atoms with Crippen LogP contribution in [0.4, 0.5) is 23.8 Å². The molecule has 43 heavy (non-hydrogen) atoms. The van der Waals surface area contributed by atoms with Crippen LogP contribution in [-0.2, 0) is 18.0 Å². The number of pyridine rings is 1. The van der Waals surface area contributed by atoms with Gasteiger partial charge in [-0.05, 0) is 56.5 Å². The van der Waals surface area contributed by atoms with E-state index >= 15 is 0 Å². The van der Waals surface area contributed by atoms with Crippen LogP contribution in [0.5, 0.6) is 0 Å². The van der Waals surface area contributed by atoms with Gasteiger partial charge in [0.05, 0.1) is 23.2 Å². The number of nitriles is 1. The van der Waals surface area contributed by atoms with Gasteiger partial charge in [0.15, 0.2) is 5.82 Å². The highest BCUT2D eigenvalue weighted by molar-refractivity contribution is 5.86. The number of alkyl carbamates (subject to hydrolysis) is 1. The highest BCUT2D eigenvalue weighted by Gasteiger charge is 2.39. The Morgan fingerprint density at radius 1 is 1.09 bits per heavy atom. The Bertz CT molecular complexity index is 1550. The van der Waals surface area contributed by atoms with Crippen LogP contribution in [0.15, 0.2) is 41.2 Å². The van der Waals surface area contributed by atoms with Crippen molar-refractivity contribution in [2.75, 3.05) is 24.5 Å². The molecule has 3 atom stereocenters. The van der Waals surface area contributed by atoms with E-state index in [0.29, 0.717) is 48.3 Å². The van der Waals surface area contributed by atoms with Crippen molar-refractivity contribution in [1.29, 1.82) is 5.26 Å². The van der Waals surface area contributed by atoms with E-state index in [9.17, 15) is 28.0 Å². The summed E-state index contributed by atoms with van der Waals surface area (Å²) in [7, 11) is 1.60. The molecule has 1 amide bonds. The van der Waals surface area contributed by atoms with Crippen LogP contribution in [0.25, 0.3) is 11.0 Å². The number of carbonyl (C=O) groups is 1. The number of amides is 1. The van der Waals surface area contributed by atoms with Crippen molar-refractivity contribution in [2.45, 2.75) is 70.9 Å². The van der Waals surface area contributed by atoms with E-state index in [-0.39, 0.29) is 30.4 Å². The van der Waals surface area contributed by atoms with E-state index in [1.165, 1.54) is 16.7 Å². The predicted molar refractivity (Wildman–Crippen MR) is 156 cm³/mol. The largest absolute Gasteiger partial charge is 0.447 e. The average molecular weight is 600 g/mol. The van der Waals surface area contributed by atoms with Crippen molar-refractivity contribution < 1.29 is 22.7 Å². The first-order chi connectivity index (χ1) is 20.4. The normalized spacial score (nSPS) is 18.5. The lowest BCUT2D eigenvalue weighted by atomic mass is 9.95. The molecule has 1 aliphatic heterocycles. The minimum Gasteiger partial charge on any atom is -0.447 e. The van der Waals surface area contributed by atoms with Crippen LogP contribution in [-0.4, -0.2) is 63.4 Å². The summed E-state index contributed by atoms with van der Waals surface area (Å²) in [4.78, 5) is 38.4. The molecule has 1 N–H and O–H groups in total. The van der Waals surface area contributed by atoms with Gasteiger partial charge in [-0.25, -0.2) is 14.6 Å². The number of anilines is 1. The SMILES string of the molecule is CC[C@H]1CN(C(CNC(=O)OC(C)C)c2ccc(C(F)(F)F)cc2)[C@H](CC)CN1c1nc(=O)n(C)c2ccc(C#N)nc12. The number of aryl methyl sites for hydroxylation is 1. The number of nitrogens with zero attached hydrogens (tertiary/aromatic N) is 6. The average Bonchev–Trinajstić information content (AvgIpc) is 2.97. The van der Waals surface area contributed by atoms with Crippen LogP contribution in [0, 0.1) is 11.3 Å². The first-order valence-corrected chi connectivity index (χ1v) is 14.3. The molecule has 0 spiro atoms. The number of aromatic nitrogens is 3. The lowest BCUT2D eigenvalue weighted by Crippen LogP contribution is -2.60. The monoisotopic (exact) mass is 599 g/mol. The van der Waals surface area contributed by atoms with Crippen LogP contribution < -0.4 is 15.9 Å². The van der Waals surface area contributed by atoms with E-state index < -0.39 is 29.6 Å². The van der Waals surface area contributed by atoms with Gasteiger partial charge in [-0.3, -0.25) is 9.47 Å². The van der Waals surface area contributed by atoms with Crippen molar-refractivity contribution in [3.63, 3.8) is 0 Å². The van der Waals surface area contributed by atoms with Crippen LogP contribution in [0.3, 0.4) is 0 Å². The molecule has 13 heteroatoms. The summed E-state index contributed by atoms with van der Waals surface area (Å²) in [5.74, 6) is 0.393. The van der Waals surface area contributed by atoms with Gasteiger partial charge in [0.1, 0.15) is 17.3 Å². The lowest BCUT2D eigenvalue weighted by Gasteiger charge is -2.49. The fourth-order valence-electron chi connectivity index (χ4n) is 5.55. The third-order valence-electron chi connectivity index (χ3n) is 7.81. The molecule has 0 bridgehead atoms. The summed E-state index contributed by atoms with van der Waals surface area (Å²) in [6.45, 7) is 8.50. The molecule has 1 saturated heterocycles. The van der Waals surface area contributed by atoms with Gasteiger partial charge in [-0.15, -0.1) is 0 Å². The molecule has 0 aliphatic carbocycles. The lowest BCUT2D eigenvalue weighted by molar-refractivity contribution is -0.137. The Kier molecular flexibility index (Phi) is 9.59. The minimum absolute atomic E-state index is 0.115. The Morgan fingerprint density at radius 2 is 1.77 bits per heavy atom. The van der Waals surface area contributed by atoms with E-state index in [1.54, 1.807) is 33.0 Å². The molecule has 4 rings (SSSR count). The number of nitrogens with one attached hydrogen (secondary N) is 1. The summed E-state index contributed by atoms with van der Waals surface area (Å²) in [6, 6.07) is 9.56.